The van der Waals surface area contributed by atoms with Crippen molar-refractivity contribution in [3.63, 3.8) is 0 Å². The topological polar surface area (TPSA) is 29.5 Å². The van der Waals surface area contributed by atoms with E-state index in [1.807, 2.05) is 30.3 Å². The fraction of sp³-hybridized carbons (Fsp3) is 0.214. The lowest BCUT2D eigenvalue weighted by molar-refractivity contribution is 0.242. The molecule has 604 valence electrons. The molecule has 3 atom stereocenters. The molecule has 1 aliphatic heterocycles. The largest absolute Gasteiger partial charge is 0.508 e. The maximum absolute atomic E-state index is 9.48. The number of phenols is 1. The van der Waals surface area contributed by atoms with Crippen LogP contribution >= 0.6 is 0 Å². The van der Waals surface area contributed by atoms with Crippen LogP contribution in [-0.4, -0.2) is 16.5 Å². The molecule has 1 N–H and O–H groups in total. The first kappa shape index (κ1) is 88.2. The lowest BCUT2D eigenvalue weighted by Crippen LogP contribution is -2.40. The Morgan fingerprint density at radius 2 is 0.529 bits per heavy atom. The number of hydrogen-bond acceptors (Lipinski definition) is 2. The highest BCUT2D eigenvalue weighted by molar-refractivity contribution is 7.98. The number of ether oxygens (including phenoxy) is 1. The first-order valence-corrected chi connectivity index (χ1v) is 47.7. The van der Waals surface area contributed by atoms with Crippen LogP contribution in [-0.2, 0) is 81.5 Å². The fourth-order valence-corrected chi connectivity index (χ4v) is 25.2. The molecule has 0 radical (unpaired) electrons. The number of allylic oxidation sites excluding steroid dienone is 2. The number of para-hydroxylation sites is 1. The van der Waals surface area contributed by atoms with Crippen molar-refractivity contribution in [1.29, 1.82) is 0 Å². The van der Waals surface area contributed by atoms with Crippen molar-refractivity contribution in [2.75, 3.05) is 0 Å². The zero-order valence-corrected chi connectivity index (χ0v) is 76.7. The summed E-state index contributed by atoms with van der Waals surface area (Å²) in [5.41, 5.74) is 10.4. The van der Waals surface area contributed by atoms with Crippen LogP contribution in [0.4, 0.5) is 0 Å². The zero-order chi connectivity index (χ0) is 84.5. The van der Waals surface area contributed by atoms with E-state index < -0.39 is 0 Å². The summed E-state index contributed by atoms with van der Waals surface area (Å²) in [6, 6.07) is 133. The molecule has 0 spiro atoms. The van der Waals surface area contributed by atoms with Crippen LogP contribution in [0.5, 0.6) is 11.5 Å². The summed E-state index contributed by atoms with van der Waals surface area (Å²) in [5, 5.41) is 9.88. The molecule has 2 aliphatic rings. The van der Waals surface area contributed by atoms with Crippen molar-refractivity contribution in [1.82, 2.24) is 0 Å². The lowest BCUT2D eigenvalue weighted by atomic mass is 9.87. The van der Waals surface area contributed by atoms with Crippen molar-refractivity contribution in [3.8, 4) is 11.5 Å². The molecule has 0 saturated carbocycles. The van der Waals surface area contributed by atoms with Gasteiger partial charge in [0.15, 0.2) is 80.7 Å². The first-order chi connectivity index (χ1) is 57.0. The molecule has 0 amide bonds. The van der Waals surface area contributed by atoms with Crippen LogP contribution in [0.25, 0.3) is 0 Å². The van der Waals surface area contributed by atoms with Gasteiger partial charge < -0.3 is 9.84 Å². The van der Waals surface area contributed by atoms with Crippen LogP contribution in [0.3, 0.4) is 0 Å². The summed E-state index contributed by atoms with van der Waals surface area (Å²) in [7, 11) is -0.336. The predicted octanol–water partition coefficient (Wildman–Crippen LogP) is 29.9. The first-order valence-electron chi connectivity index (χ1n) is 41.5. The molecule has 0 fully saturated rings. The Hall–Kier alpha value is -10.1. The molecule has 0 bridgehead atoms. The molecule has 119 heavy (non-hydrogen) atoms. The van der Waals surface area contributed by atoms with E-state index in [-0.39, 0.29) is 87.7 Å². The molecule has 2 nitrogen and oxygen atoms in total. The fourth-order valence-electron chi connectivity index (χ4n) is 14.2. The van der Waals surface area contributed by atoms with Crippen LogP contribution < -0.4 is 4.74 Å². The van der Waals surface area contributed by atoms with Crippen LogP contribution in [0.1, 0.15) is 143 Å². The van der Waals surface area contributed by atoms with E-state index >= 15 is 0 Å². The van der Waals surface area contributed by atoms with E-state index in [9.17, 15) is 5.11 Å². The second kappa shape index (κ2) is 39.9. The third kappa shape index (κ3) is 23.5. The summed E-state index contributed by atoms with van der Waals surface area (Å²) >= 11 is 0. The zero-order valence-electron chi connectivity index (χ0n) is 72.6. The van der Waals surface area contributed by atoms with Gasteiger partial charge in [0.2, 0.25) is 4.90 Å². The van der Waals surface area contributed by atoms with Crippen LogP contribution in [0.15, 0.2) is 463 Å². The van der Waals surface area contributed by atoms with E-state index in [2.05, 4.69) is 470 Å². The predicted molar refractivity (Wildman–Crippen MR) is 514 cm³/mol. The third-order valence-electron chi connectivity index (χ3n) is 21.0. The van der Waals surface area contributed by atoms with Crippen molar-refractivity contribution < 1.29 is 9.84 Å². The maximum atomic E-state index is 9.48. The van der Waals surface area contributed by atoms with Crippen LogP contribution in [0, 0.1) is 13.8 Å². The molecule has 1 aliphatic carbocycles. The quantitative estimate of drug-likeness (QED) is 0.117. The summed E-state index contributed by atoms with van der Waals surface area (Å²) in [6.45, 7) is 38.5. The van der Waals surface area contributed by atoms with Gasteiger partial charge in [-0.1, -0.05) is 316 Å². The van der Waals surface area contributed by atoms with E-state index in [0.717, 1.165) is 5.75 Å². The number of rotatable bonds is 13. The van der Waals surface area contributed by atoms with Gasteiger partial charge in [0.25, 0.3) is 0 Å². The minimum Gasteiger partial charge on any atom is -0.508 e. The van der Waals surface area contributed by atoms with Gasteiger partial charge in [-0.2, -0.15) is 0 Å². The molecular weight excluding hydrogens is 1540 g/mol. The van der Waals surface area contributed by atoms with Crippen molar-refractivity contribution >= 4 is 54.5 Å². The molecule has 1 heterocycles. The average molecular weight is 1660 g/mol. The number of benzene rings is 14. The van der Waals surface area contributed by atoms with E-state index in [1.165, 1.54) is 107 Å². The Morgan fingerprint density at radius 1 is 0.269 bits per heavy atom. The molecule has 14 aromatic carbocycles. The second-order valence-corrected chi connectivity index (χ2v) is 45.5. The van der Waals surface area contributed by atoms with Crippen molar-refractivity contribution in [2.45, 2.75) is 225 Å². The van der Waals surface area contributed by atoms with Gasteiger partial charge >= 0.3 is 0 Å². The number of fused-ring (bicyclic) bond motifs is 2. The van der Waals surface area contributed by atoms with Gasteiger partial charge in [-0.3, -0.25) is 0 Å². The highest BCUT2D eigenvalue weighted by Gasteiger charge is 2.47. The summed E-state index contributed by atoms with van der Waals surface area (Å²) in [6.07, 6.45) is 8.84. The van der Waals surface area contributed by atoms with Gasteiger partial charge in [0, 0.05) is 5.56 Å². The Morgan fingerprint density at radius 3 is 0.832 bits per heavy atom. The van der Waals surface area contributed by atoms with Crippen molar-refractivity contribution in [3.05, 3.63) is 433 Å². The Kier molecular flexibility index (Phi) is 29.5. The third-order valence-corrected chi connectivity index (χ3v) is 32.6. The van der Waals surface area contributed by atoms with Gasteiger partial charge in [-0.15, -0.1) is 0 Å². The highest BCUT2D eigenvalue weighted by Crippen LogP contribution is 2.44. The molecule has 0 saturated heterocycles. The Balaban J connectivity index is 0.000000138. The number of hydrogen-bond donors (Lipinski definition) is 1. The summed E-state index contributed by atoms with van der Waals surface area (Å²) in [4.78, 5) is 18.9. The molecule has 7 heteroatoms. The van der Waals surface area contributed by atoms with Gasteiger partial charge in [0.05, 0.1) is 54.5 Å². The Bertz CT molecular complexity index is 5260. The minimum atomic E-state index is -0.134. The molecule has 16 rings (SSSR count). The summed E-state index contributed by atoms with van der Waals surface area (Å²) in [5.74, 6) is 1.33. The summed E-state index contributed by atoms with van der Waals surface area (Å²) < 4.78 is 6.16. The van der Waals surface area contributed by atoms with Crippen molar-refractivity contribution in [2.24, 2.45) is 0 Å². The van der Waals surface area contributed by atoms with E-state index in [1.54, 1.807) is 12.1 Å². The minimum absolute atomic E-state index is 0.0345. The monoisotopic (exact) mass is 1660 g/mol. The molecule has 3 unspecified atom stereocenters. The Labute approximate surface area is 727 Å². The number of phenolic OH excluding ortho intramolecular Hbond substituents is 1. The standard InChI is InChI=1S/C30H39S.C26H31S.C20H19S.C18H15OS.C18H14OS/c1-28(2,3)22-10-16-25(17-11-22)31(26-18-12-23(13-19-26)29(4,5)6)27-20-14-24(15-21-27)30(7,8)9;1-25(2,3)20-12-16-23(17-13-20)27(22-10-8-7-9-11-22)24-18-14-21(15-19-24)26(4,5)6;1-16-13-14-20(17(2)15-16)21(18-9-5-3-6-10-18)19-11-7-4-8-12-19;1-2-8-14(9-3-1)20-17-12-6-4-10-15(17)19-16-11-5-7-13-18(16)20;19-15-11-13-18(14-12-15)20(16-7-3-1-4-8-16)17-9-5-2-6-10-17/h10-21H,1-9H3;7-19H,1-6H3;3-15H,1-2H3;1-13,15,17H;1-14H/q4*+1;/p+1. The smallest absolute Gasteiger partial charge is 0.203 e. The number of aryl methyl sites for hydroxylation is 2. The van der Waals surface area contributed by atoms with Crippen LogP contribution in [0.2, 0.25) is 0 Å². The van der Waals surface area contributed by atoms with Gasteiger partial charge in [-0.25, -0.2) is 0 Å². The molecule has 14 aromatic rings. The average Bonchev–Trinajstić information content (AvgIpc) is 0.769. The van der Waals surface area contributed by atoms with E-state index in [0.29, 0.717) is 11.0 Å². The number of aromatic hydroxyl groups is 1. The maximum Gasteiger partial charge on any atom is 0.203 e. The molecular formula is C112H119O2S5+5. The SMILES string of the molecule is C1=CC2Oc3ccccc3[S+](c3ccccc3)C2C=C1.CC(C)(C)c1ccc([S+](c2ccc(C(C)(C)C)cc2)c2ccc(C(C)(C)C)cc2)cc1.CC(C)(C)c1ccc([S+](c2ccccc2)c2ccc(C(C)(C)C)cc2)cc1.Cc1ccc([S+](c2ccccc2)c2ccccc2)c(C)c1.Oc1ccc([S+](c2ccccc2)c2ccccc2)cc1. The second-order valence-electron chi connectivity index (χ2n) is 35.3. The van der Waals surface area contributed by atoms with E-state index in [4.69, 9.17) is 4.74 Å². The van der Waals surface area contributed by atoms with Gasteiger partial charge in [0.1, 0.15) is 5.75 Å². The lowest BCUT2D eigenvalue weighted by Gasteiger charge is -2.30. The normalized spacial score (nSPS) is 14.3. The molecule has 0 aromatic heterocycles. The highest BCUT2D eigenvalue weighted by atomic mass is 32.2. The van der Waals surface area contributed by atoms with Gasteiger partial charge in [-0.05, 0) is 257 Å².